The highest BCUT2D eigenvalue weighted by Gasteiger charge is 2.09. The van der Waals surface area contributed by atoms with E-state index >= 15 is 0 Å². The molecule has 20 heavy (non-hydrogen) atoms. The number of nitrogens with zero attached hydrogens (tertiary/aromatic N) is 4. The van der Waals surface area contributed by atoms with Crippen molar-refractivity contribution in [1.82, 2.24) is 20.2 Å². The standard InChI is InChI=1S/C14H12BrN5/c15-12-5-1-3-10(7-12)9-20-14(17-18-19-20)11-4-2-6-13(16)8-11/h1-8H,9,16H2. The maximum atomic E-state index is 5.80. The number of hydrogen-bond donors (Lipinski definition) is 1. The summed E-state index contributed by atoms with van der Waals surface area (Å²) < 4.78 is 2.80. The zero-order chi connectivity index (χ0) is 13.9. The molecule has 0 aliphatic heterocycles. The van der Waals surface area contributed by atoms with Gasteiger partial charge >= 0.3 is 0 Å². The monoisotopic (exact) mass is 329 g/mol. The van der Waals surface area contributed by atoms with Crippen molar-refractivity contribution in [3.8, 4) is 11.4 Å². The van der Waals surface area contributed by atoms with E-state index in [1.54, 1.807) is 4.68 Å². The van der Waals surface area contributed by atoms with E-state index in [0.29, 0.717) is 18.1 Å². The van der Waals surface area contributed by atoms with Gasteiger partial charge in [0.25, 0.3) is 0 Å². The van der Waals surface area contributed by atoms with Gasteiger partial charge in [-0.15, -0.1) is 5.10 Å². The van der Waals surface area contributed by atoms with Crippen LogP contribution in [0.15, 0.2) is 53.0 Å². The number of rotatable bonds is 3. The van der Waals surface area contributed by atoms with Crippen LogP contribution in [0.5, 0.6) is 0 Å². The molecule has 0 unspecified atom stereocenters. The molecule has 0 saturated carbocycles. The van der Waals surface area contributed by atoms with E-state index in [1.165, 1.54) is 0 Å². The maximum Gasteiger partial charge on any atom is 0.182 e. The van der Waals surface area contributed by atoms with E-state index < -0.39 is 0 Å². The molecule has 0 spiro atoms. The predicted molar refractivity (Wildman–Crippen MR) is 80.9 cm³/mol. The van der Waals surface area contributed by atoms with Gasteiger partial charge in [-0.1, -0.05) is 40.2 Å². The number of aromatic nitrogens is 4. The smallest absolute Gasteiger partial charge is 0.182 e. The lowest BCUT2D eigenvalue weighted by Gasteiger charge is -2.06. The first-order valence-electron chi connectivity index (χ1n) is 6.09. The fourth-order valence-corrected chi connectivity index (χ4v) is 2.45. The molecule has 100 valence electrons. The Kier molecular flexibility index (Phi) is 3.47. The quantitative estimate of drug-likeness (QED) is 0.750. The number of nitrogen functional groups attached to an aromatic ring is 1. The fourth-order valence-electron chi connectivity index (χ4n) is 2.00. The topological polar surface area (TPSA) is 69.6 Å². The molecule has 0 fully saturated rings. The Morgan fingerprint density at radius 1 is 1.10 bits per heavy atom. The molecule has 2 N–H and O–H groups in total. The molecule has 0 aliphatic rings. The van der Waals surface area contributed by atoms with Crippen LogP contribution in [0.25, 0.3) is 11.4 Å². The van der Waals surface area contributed by atoms with Gasteiger partial charge in [0, 0.05) is 15.7 Å². The molecule has 0 saturated heterocycles. The third-order valence-electron chi connectivity index (χ3n) is 2.90. The summed E-state index contributed by atoms with van der Waals surface area (Å²) in [6.07, 6.45) is 0. The van der Waals surface area contributed by atoms with E-state index in [1.807, 2.05) is 48.5 Å². The zero-order valence-corrected chi connectivity index (χ0v) is 12.2. The molecule has 3 rings (SSSR count). The van der Waals surface area contributed by atoms with Crippen LogP contribution in [0.2, 0.25) is 0 Å². The highest BCUT2D eigenvalue weighted by molar-refractivity contribution is 9.10. The van der Waals surface area contributed by atoms with Gasteiger partial charge in [-0.3, -0.25) is 0 Å². The Balaban J connectivity index is 1.94. The van der Waals surface area contributed by atoms with Crippen molar-refractivity contribution in [3.63, 3.8) is 0 Å². The van der Waals surface area contributed by atoms with Crippen LogP contribution in [0.4, 0.5) is 5.69 Å². The average molecular weight is 330 g/mol. The molecule has 1 heterocycles. The van der Waals surface area contributed by atoms with E-state index in [-0.39, 0.29) is 0 Å². The Morgan fingerprint density at radius 2 is 1.95 bits per heavy atom. The summed E-state index contributed by atoms with van der Waals surface area (Å²) in [5.74, 6) is 0.706. The van der Waals surface area contributed by atoms with Crippen LogP contribution in [-0.2, 0) is 6.54 Å². The van der Waals surface area contributed by atoms with Crippen molar-refractivity contribution in [2.45, 2.75) is 6.54 Å². The number of hydrogen-bond acceptors (Lipinski definition) is 4. The molecule has 0 amide bonds. The van der Waals surface area contributed by atoms with E-state index in [2.05, 4.69) is 31.5 Å². The van der Waals surface area contributed by atoms with Crippen LogP contribution in [-0.4, -0.2) is 20.2 Å². The molecule has 0 radical (unpaired) electrons. The molecular weight excluding hydrogens is 318 g/mol. The van der Waals surface area contributed by atoms with Crippen LogP contribution < -0.4 is 5.73 Å². The van der Waals surface area contributed by atoms with Gasteiger partial charge in [0.1, 0.15) is 0 Å². The summed E-state index contributed by atoms with van der Waals surface area (Å²) in [6.45, 7) is 0.608. The molecular formula is C14H12BrN5. The van der Waals surface area contributed by atoms with Crippen molar-refractivity contribution in [3.05, 3.63) is 58.6 Å². The summed E-state index contributed by atoms with van der Waals surface area (Å²) in [7, 11) is 0. The average Bonchev–Trinajstić information content (AvgIpc) is 2.87. The maximum absolute atomic E-state index is 5.80. The lowest BCUT2D eigenvalue weighted by Crippen LogP contribution is -2.04. The van der Waals surface area contributed by atoms with Crippen LogP contribution in [0.1, 0.15) is 5.56 Å². The van der Waals surface area contributed by atoms with E-state index in [4.69, 9.17) is 5.73 Å². The first kappa shape index (κ1) is 12.8. The number of tetrazole rings is 1. The molecule has 0 aliphatic carbocycles. The molecule has 1 aromatic heterocycles. The van der Waals surface area contributed by atoms with Crippen molar-refractivity contribution in [2.24, 2.45) is 0 Å². The third-order valence-corrected chi connectivity index (χ3v) is 3.39. The number of halogens is 1. The summed E-state index contributed by atoms with van der Waals surface area (Å²) in [6, 6.07) is 15.6. The Labute approximate surface area is 124 Å². The van der Waals surface area contributed by atoms with Crippen molar-refractivity contribution < 1.29 is 0 Å². The lowest BCUT2D eigenvalue weighted by molar-refractivity contribution is 0.653. The largest absolute Gasteiger partial charge is 0.399 e. The highest BCUT2D eigenvalue weighted by atomic mass is 79.9. The fraction of sp³-hybridized carbons (Fsp3) is 0.0714. The van der Waals surface area contributed by atoms with Crippen molar-refractivity contribution in [1.29, 1.82) is 0 Å². The lowest BCUT2D eigenvalue weighted by atomic mass is 10.2. The predicted octanol–water partition coefficient (Wildman–Crippen LogP) is 2.73. The van der Waals surface area contributed by atoms with Gasteiger partial charge in [0.2, 0.25) is 0 Å². The van der Waals surface area contributed by atoms with Crippen molar-refractivity contribution in [2.75, 3.05) is 5.73 Å². The normalized spacial score (nSPS) is 10.7. The minimum atomic E-state index is 0.608. The summed E-state index contributed by atoms with van der Waals surface area (Å²) in [5, 5.41) is 11.9. The minimum Gasteiger partial charge on any atom is -0.399 e. The van der Waals surface area contributed by atoms with Gasteiger partial charge < -0.3 is 5.73 Å². The minimum absolute atomic E-state index is 0.608. The van der Waals surface area contributed by atoms with Crippen LogP contribution in [0, 0.1) is 0 Å². The number of anilines is 1. The molecule has 0 atom stereocenters. The Bertz CT molecular complexity index is 738. The Morgan fingerprint density at radius 3 is 2.75 bits per heavy atom. The van der Waals surface area contributed by atoms with E-state index in [0.717, 1.165) is 15.6 Å². The molecule has 0 bridgehead atoms. The first-order chi connectivity index (χ1) is 9.72. The molecule has 5 nitrogen and oxygen atoms in total. The second-order valence-electron chi connectivity index (χ2n) is 4.42. The van der Waals surface area contributed by atoms with Crippen molar-refractivity contribution >= 4 is 21.6 Å². The molecule has 3 aromatic rings. The SMILES string of the molecule is Nc1cccc(-c2nnnn2Cc2cccc(Br)c2)c1. The second kappa shape index (κ2) is 5.42. The van der Waals surface area contributed by atoms with Gasteiger partial charge in [0.05, 0.1) is 6.54 Å². The summed E-state index contributed by atoms with van der Waals surface area (Å²) in [4.78, 5) is 0. The highest BCUT2D eigenvalue weighted by Crippen LogP contribution is 2.20. The van der Waals surface area contributed by atoms with E-state index in [9.17, 15) is 0 Å². The second-order valence-corrected chi connectivity index (χ2v) is 5.33. The van der Waals surface area contributed by atoms with Gasteiger partial charge in [-0.25, -0.2) is 4.68 Å². The molecule has 2 aromatic carbocycles. The zero-order valence-electron chi connectivity index (χ0n) is 10.6. The number of nitrogens with two attached hydrogens (primary N) is 1. The van der Waals surface area contributed by atoms with Crippen LogP contribution in [0.3, 0.4) is 0 Å². The van der Waals surface area contributed by atoms with Gasteiger partial charge in [0.15, 0.2) is 5.82 Å². The summed E-state index contributed by atoms with van der Waals surface area (Å²) in [5.41, 5.74) is 8.53. The Hall–Kier alpha value is -2.21. The molecule has 6 heteroatoms. The van der Waals surface area contributed by atoms with Gasteiger partial charge in [-0.05, 0) is 40.3 Å². The third kappa shape index (κ3) is 2.70. The summed E-state index contributed by atoms with van der Waals surface area (Å²) >= 11 is 3.46. The first-order valence-corrected chi connectivity index (χ1v) is 6.88. The van der Waals surface area contributed by atoms with Crippen LogP contribution >= 0.6 is 15.9 Å². The number of benzene rings is 2. The van der Waals surface area contributed by atoms with Gasteiger partial charge in [-0.2, -0.15) is 0 Å².